The number of fused-ring (bicyclic) bond motifs is 1. The van der Waals surface area contributed by atoms with Crippen LogP contribution in [0.3, 0.4) is 0 Å². The molecule has 6 N–H and O–H groups in total. The molecular weight excluding hydrogens is 382 g/mol. The third-order valence-corrected chi connectivity index (χ3v) is 4.59. The zero-order chi connectivity index (χ0) is 21.3. The van der Waals surface area contributed by atoms with Crippen molar-refractivity contribution in [2.45, 2.75) is 26.9 Å². The second-order valence-electron chi connectivity index (χ2n) is 6.89. The molecule has 10 nitrogen and oxygen atoms in total. The van der Waals surface area contributed by atoms with Gasteiger partial charge in [0.05, 0.1) is 11.1 Å². The number of rotatable bonds is 6. The van der Waals surface area contributed by atoms with Crippen LogP contribution in [-0.2, 0) is 17.9 Å². The summed E-state index contributed by atoms with van der Waals surface area (Å²) in [7, 11) is 0. The summed E-state index contributed by atoms with van der Waals surface area (Å²) in [6.07, 6.45) is 1.79. The second kappa shape index (κ2) is 7.74. The van der Waals surface area contributed by atoms with Gasteiger partial charge in [-0.15, -0.1) is 0 Å². The first-order valence-corrected chi connectivity index (χ1v) is 9.52. The molecule has 0 aliphatic carbocycles. The van der Waals surface area contributed by atoms with Gasteiger partial charge in [-0.25, -0.2) is 4.68 Å². The molecule has 3 aromatic heterocycles. The fraction of sp³-hybridized carbons (Fsp3) is 0.200. The van der Waals surface area contributed by atoms with Crippen LogP contribution in [0.25, 0.3) is 11.0 Å². The maximum atomic E-state index is 12.6. The van der Waals surface area contributed by atoms with Gasteiger partial charge in [-0.05, 0) is 44.2 Å². The van der Waals surface area contributed by atoms with Crippen LogP contribution in [-0.4, -0.2) is 30.2 Å². The minimum Gasteiger partial charge on any atom is -0.399 e. The van der Waals surface area contributed by atoms with Crippen molar-refractivity contribution < 1.29 is 4.79 Å². The van der Waals surface area contributed by atoms with Gasteiger partial charge in [-0.2, -0.15) is 15.1 Å². The number of anilines is 5. The average molecular weight is 405 g/mol. The monoisotopic (exact) mass is 405 g/mol. The lowest BCUT2D eigenvalue weighted by Crippen LogP contribution is -2.20. The van der Waals surface area contributed by atoms with E-state index < -0.39 is 0 Å². The molecule has 0 radical (unpaired) electrons. The number of nitrogen functional groups attached to an aromatic ring is 2. The van der Waals surface area contributed by atoms with Crippen molar-refractivity contribution in [3.8, 4) is 0 Å². The van der Waals surface area contributed by atoms with Crippen molar-refractivity contribution in [2.24, 2.45) is 0 Å². The lowest BCUT2D eigenvalue weighted by molar-refractivity contribution is -0.116. The molecule has 1 aromatic carbocycles. The topological polar surface area (TPSA) is 142 Å². The highest BCUT2D eigenvalue weighted by Crippen LogP contribution is 2.26. The van der Waals surface area contributed by atoms with Crippen LogP contribution in [0.15, 0.2) is 42.6 Å². The van der Waals surface area contributed by atoms with E-state index in [1.54, 1.807) is 27.6 Å². The van der Waals surface area contributed by atoms with E-state index in [1.165, 1.54) is 0 Å². The van der Waals surface area contributed by atoms with Crippen LogP contribution >= 0.6 is 0 Å². The number of hydrogen-bond acceptors (Lipinski definition) is 7. The van der Waals surface area contributed by atoms with Gasteiger partial charge >= 0.3 is 0 Å². The molecule has 0 aliphatic heterocycles. The molecule has 0 bridgehead atoms. The van der Waals surface area contributed by atoms with Crippen molar-refractivity contribution in [1.29, 1.82) is 0 Å². The van der Waals surface area contributed by atoms with Crippen LogP contribution in [0.4, 0.5) is 29.0 Å². The first kappa shape index (κ1) is 19.2. The maximum absolute atomic E-state index is 12.6. The number of carbonyl (C=O) groups excluding carboxylic acids is 1. The minimum atomic E-state index is -0.188. The number of nitrogens with one attached hydrogen (secondary N) is 2. The number of carbonyl (C=O) groups is 1. The normalized spacial score (nSPS) is 11.0. The first-order valence-electron chi connectivity index (χ1n) is 9.52. The molecular formula is C20H23N9O. The molecule has 4 aromatic rings. The van der Waals surface area contributed by atoms with Gasteiger partial charge in [-0.3, -0.25) is 4.79 Å². The van der Waals surface area contributed by atoms with E-state index in [-0.39, 0.29) is 18.4 Å². The number of benzene rings is 1. The molecule has 4 rings (SSSR count). The highest BCUT2D eigenvalue weighted by atomic mass is 16.2. The number of nitrogens with two attached hydrogens (primary N) is 2. The number of aromatic nitrogens is 5. The predicted octanol–water partition coefficient (Wildman–Crippen LogP) is 2.50. The summed E-state index contributed by atoms with van der Waals surface area (Å²) < 4.78 is 3.48. The van der Waals surface area contributed by atoms with Crippen LogP contribution < -0.4 is 22.1 Å². The Balaban J connectivity index is 1.58. The van der Waals surface area contributed by atoms with Crippen molar-refractivity contribution in [2.75, 3.05) is 22.1 Å². The van der Waals surface area contributed by atoms with Gasteiger partial charge in [0.2, 0.25) is 11.9 Å². The molecule has 30 heavy (non-hydrogen) atoms. The molecule has 3 heterocycles. The summed E-state index contributed by atoms with van der Waals surface area (Å²) in [6, 6.07) is 11.0. The lowest BCUT2D eigenvalue weighted by atomic mass is 10.3. The smallest absolute Gasteiger partial charge is 0.245 e. The Morgan fingerprint density at radius 3 is 2.63 bits per heavy atom. The third-order valence-electron chi connectivity index (χ3n) is 4.59. The Hall–Kier alpha value is -4.08. The fourth-order valence-electron chi connectivity index (χ4n) is 3.23. The van der Waals surface area contributed by atoms with Gasteiger partial charge in [0, 0.05) is 30.2 Å². The summed E-state index contributed by atoms with van der Waals surface area (Å²) in [4.78, 5) is 21.2. The van der Waals surface area contributed by atoms with Crippen molar-refractivity contribution in [1.82, 2.24) is 24.3 Å². The minimum absolute atomic E-state index is 0.0786. The Bertz CT molecular complexity index is 1210. The summed E-state index contributed by atoms with van der Waals surface area (Å²) in [5.41, 5.74) is 14.6. The van der Waals surface area contributed by atoms with E-state index in [4.69, 9.17) is 11.5 Å². The quantitative estimate of drug-likeness (QED) is 0.361. The summed E-state index contributed by atoms with van der Waals surface area (Å²) in [5.74, 6) is 1.14. The zero-order valence-corrected chi connectivity index (χ0v) is 16.8. The summed E-state index contributed by atoms with van der Waals surface area (Å²) >= 11 is 0. The van der Waals surface area contributed by atoms with Crippen LogP contribution in [0, 0.1) is 6.92 Å². The number of aryl methyl sites for hydroxylation is 2. The average Bonchev–Trinajstić information content (AvgIpc) is 3.26. The highest BCUT2D eigenvalue weighted by Gasteiger charge is 2.14. The van der Waals surface area contributed by atoms with E-state index in [0.717, 1.165) is 16.8 Å². The van der Waals surface area contributed by atoms with Crippen LogP contribution in [0.1, 0.15) is 12.6 Å². The molecule has 0 fully saturated rings. The molecule has 0 atom stereocenters. The van der Waals surface area contributed by atoms with Crippen molar-refractivity contribution in [3.05, 3.63) is 48.3 Å². The number of nitrogens with zero attached hydrogens (tertiary/aromatic N) is 5. The van der Waals surface area contributed by atoms with Crippen molar-refractivity contribution in [3.63, 3.8) is 0 Å². The van der Waals surface area contributed by atoms with E-state index in [2.05, 4.69) is 25.7 Å². The van der Waals surface area contributed by atoms with E-state index in [0.29, 0.717) is 29.5 Å². The van der Waals surface area contributed by atoms with Crippen LogP contribution in [0.5, 0.6) is 0 Å². The number of hydrogen-bond donors (Lipinski definition) is 4. The van der Waals surface area contributed by atoms with Gasteiger partial charge in [-0.1, -0.05) is 0 Å². The highest BCUT2D eigenvalue weighted by molar-refractivity contribution is 5.93. The maximum Gasteiger partial charge on any atom is 0.245 e. The Kier molecular flexibility index (Phi) is 4.97. The molecule has 0 aliphatic rings. The van der Waals surface area contributed by atoms with Gasteiger partial charge in [0.15, 0.2) is 0 Å². The summed E-state index contributed by atoms with van der Waals surface area (Å²) in [6.45, 7) is 4.60. The number of amides is 1. The Labute approximate surface area is 172 Å². The first-order chi connectivity index (χ1) is 14.4. The standard InChI is InChI=1S/C20H23N9O/c1-3-29-16(10-12(2)27-29)24-17(30)11-28-9-8-15-18(25-20(22)26-19(15)28)23-14-6-4-13(21)5-7-14/h4-10H,3,11,21H2,1-2H3,(H,24,30)(H3,22,23,25,26). The van der Waals surface area contributed by atoms with Gasteiger partial charge < -0.3 is 26.7 Å². The largest absolute Gasteiger partial charge is 0.399 e. The molecule has 0 saturated heterocycles. The summed E-state index contributed by atoms with van der Waals surface area (Å²) in [5, 5.41) is 11.2. The van der Waals surface area contributed by atoms with Crippen molar-refractivity contribution >= 4 is 45.9 Å². The SMILES string of the molecule is CCn1nc(C)cc1NC(=O)Cn1ccc2c(Nc3ccc(N)cc3)nc(N)nc21. The van der Waals surface area contributed by atoms with E-state index in [9.17, 15) is 4.79 Å². The van der Waals surface area contributed by atoms with Gasteiger partial charge in [0.25, 0.3) is 0 Å². The Morgan fingerprint density at radius 2 is 1.90 bits per heavy atom. The molecule has 0 saturated carbocycles. The molecule has 0 spiro atoms. The molecule has 1 amide bonds. The molecule has 154 valence electrons. The third kappa shape index (κ3) is 3.88. The fourth-order valence-corrected chi connectivity index (χ4v) is 3.23. The predicted molar refractivity (Wildman–Crippen MR) is 117 cm³/mol. The van der Waals surface area contributed by atoms with Crippen LogP contribution in [0.2, 0.25) is 0 Å². The van der Waals surface area contributed by atoms with E-state index >= 15 is 0 Å². The molecule has 0 unspecified atom stereocenters. The second-order valence-corrected chi connectivity index (χ2v) is 6.89. The Morgan fingerprint density at radius 1 is 1.13 bits per heavy atom. The van der Waals surface area contributed by atoms with Gasteiger partial charge in [0.1, 0.15) is 23.8 Å². The molecule has 10 heteroatoms. The van der Waals surface area contributed by atoms with E-state index in [1.807, 2.05) is 38.1 Å². The zero-order valence-electron chi connectivity index (χ0n) is 16.8. The lowest BCUT2D eigenvalue weighted by Gasteiger charge is -2.10.